The lowest BCUT2D eigenvalue weighted by molar-refractivity contribution is 0.290. The van der Waals surface area contributed by atoms with Gasteiger partial charge in [0.2, 0.25) is 0 Å². The van der Waals surface area contributed by atoms with Gasteiger partial charge in [-0.3, -0.25) is 0 Å². The largest absolute Gasteiger partial charge is 0.396 e. The van der Waals surface area contributed by atoms with Crippen LogP contribution in [0.5, 0.6) is 0 Å². The van der Waals surface area contributed by atoms with Crippen molar-refractivity contribution in [3.8, 4) is 0 Å². The van der Waals surface area contributed by atoms with Crippen LogP contribution in [0.2, 0.25) is 0 Å². The molecule has 2 N–H and O–H groups in total. The van der Waals surface area contributed by atoms with Gasteiger partial charge >= 0.3 is 6.80 Å². The summed E-state index contributed by atoms with van der Waals surface area (Å²) in [6, 6.07) is 0. The second-order valence-corrected chi connectivity index (χ2v) is 5.46. The SMILES string of the molecule is CCOP(=O)(O)SCCO. The summed E-state index contributed by atoms with van der Waals surface area (Å²) in [7, 11) is 0. The third-order valence-electron chi connectivity index (χ3n) is 0.638. The van der Waals surface area contributed by atoms with Crippen molar-refractivity contribution >= 4 is 18.2 Å². The summed E-state index contributed by atoms with van der Waals surface area (Å²) in [5, 5.41) is 8.29. The van der Waals surface area contributed by atoms with E-state index in [2.05, 4.69) is 4.52 Å². The van der Waals surface area contributed by atoms with E-state index >= 15 is 0 Å². The highest BCUT2D eigenvalue weighted by Gasteiger charge is 2.17. The van der Waals surface area contributed by atoms with E-state index < -0.39 is 6.80 Å². The van der Waals surface area contributed by atoms with Crippen LogP contribution in [0, 0.1) is 0 Å². The molecule has 0 radical (unpaired) electrons. The first-order chi connectivity index (χ1) is 4.62. The van der Waals surface area contributed by atoms with Crippen LogP contribution >= 0.6 is 18.2 Å². The Bertz CT molecular complexity index is 128. The molecule has 6 heteroatoms. The Hall–Kier alpha value is 0.460. The number of aliphatic hydroxyl groups is 1. The third-order valence-corrected chi connectivity index (χ3v) is 3.76. The lowest BCUT2D eigenvalue weighted by atomic mass is 10.9. The van der Waals surface area contributed by atoms with Crippen LogP contribution in [0.4, 0.5) is 0 Å². The van der Waals surface area contributed by atoms with Crippen molar-refractivity contribution in [2.75, 3.05) is 19.0 Å². The van der Waals surface area contributed by atoms with Gasteiger partial charge in [0, 0.05) is 5.75 Å². The van der Waals surface area contributed by atoms with Crippen LogP contribution < -0.4 is 0 Å². The van der Waals surface area contributed by atoms with Crippen LogP contribution in [0.3, 0.4) is 0 Å². The van der Waals surface area contributed by atoms with Crippen LogP contribution in [0.25, 0.3) is 0 Å². The van der Waals surface area contributed by atoms with Crippen LogP contribution in [0.15, 0.2) is 0 Å². The zero-order valence-electron chi connectivity index (χ0n) is 5.69. The van der Waals surface area contributed by atoms with E-state index in [0.29, 0.717) is 0 Å². The van der Waals surface area contributed by atoms with Crippen molar-refractivity contribution in [3.63, 3.8) is 0 Å². The number of aliphatic hydroxyl groups excluding tert-OH is 1. The molecule has 0 fully saturated rings. The normalized spacial score (nSPS) is 16.7. The van der Waals surface area contributed by atoms with Gasteiger partial charge in [0.1, 0.15) is 0 Å². The summed E-state index contributed by atoms with van der Waals surface area (Å²) in [6.07, 6.45) is 0. The molecular formula is C4H11O4PS. The summed E-state index contributed by atoms with van der Waals surface area (Å²) in [5.41, 5.74) is 0. The Morgan fingerprint density at radius 1 is 1.70 bits per heavy atom. The van der Waals surface area contributed by atoms with E-state index in [1.54, 1.807) is 6.92 Å². The van der Waals surface area contributed by atoms with Crippen molar-refractivity contribution in [2.24, 2.45) is 0 Å². The van der Waals surface area contributed by atoms with Crippen LogP contribution in [-0.2, 0) is 9.09 Å². The first-order valence-corrected chi connectivity index (χ1v) is 6.02. The monoisotopic (exact) mass is 186 g/mol. The highest BCUT2D eigenvalue weighted by Crippen LogP contribution is 2.55. The van der Waals surface area contributed by atoms with E-state index in [1.165, 1.54) is 0 Å². The van der Waals surface area contributed by atoms with Gasteiger partial charge in [0.15, 0.2) is 0 Å². The lowest BCUT2D eigenvalue weighted by Crippen LogP contribution is -1.89. The topological polar surface area (TPSA) is 66.8 Å². The molecule has 0 aliphatic heterocycles. The molecule has 0 spiro atoms. The molecule has 0 aliphatic carbocycles. The van der Waals surface area contributed by atoms with Gasteiger partial charge in [-0.15, -0.1) is 0 Å². The summed E-state index contributed by atoms with van der Waals surface area (Å²) in [4.78, 5) is 8.83. The molecule has 0 bridgehead atoms. The third kappa shape index (κ3) is 5.26. The smallest absolute Gasteiger partial charge is 0.386 e. The van der Waals surface area contributed by atoms with E-state index in [4.69, 9.17) is 10.00 Å². The zero-order chi connectivity index (χ0) is 8.04. The van der Waals surface area contributed by atoms with E-state index in [1.807, 2.05) is 0 Å². The fraction of sp³-hybridized carbons (Fsp3) is 1.00. The molecule has 10 heavy (non-hydrogen) atoms. The van der Waals surface area contributed by atoms with Crippen molar-refractivity contribution in [1.29, 1.82) is 0 Å². The van der Waals surface area contributed by atoms with Gasteiger partial charge in [0.05, 0.1) is 13.2 Å². The Kier molecular flexibility index (Phi) is 5.39. The van der Waals surface area contributed by atoms with Crippen LogP contribution in [0.1, 0.15) is 6.92 Å². The van der Waals surface area contributed by atoms with Gasteiger partial charge in [-0.1, -0.05) is 0 Å². The molecule has 1 unspecified atom stereocenters. The number of rotatable bonds is 5. The molecule has 0 saturated heterocycles. The van der Waals surface area contributed by atoms with Gasteiger partial charge in [-0.05, 0) is 18.3 Å². The molecule has 0 amide bonds. The summed E-state index contributed by atoms with van der Waals surface area (Å²) < 4.78 is 15.3. The van der Waals surface area contributed by atoms with Gasteiger partial charge in [-0.25, -0.2) is 4.57 Å². The Labute approximate surface area is 63.9 Å². The molecule has 1 atom stereocenters. The maximum atomic E-state index is 10.8. The van der Waals surface area contributed by atoms with Crippen molar-refractivity contribution in [3.05, 3.63) is 0 Å². The molecule has 0 aromatic rings. The van der Waals surface area contributed by atoms with Crippen molar-refractivity contribution in [1.82, 2.24) is 0 Å². The first-order valence-electron chi connectivity index (χ1n) is 2.85. The minimum atomic E-state index is -3.45. The lowest BCUT2D eigenvalue weighted by Gasteiger charge is -2.07. The predicted octanol–water partition coefficient (Wildman–Crippen LogP) is 0.849. The molecule has 0 aromatic carbocycles. The minimum absolute atomic E-state index is 0.109. The summed E-state index contributed by atoms with van der Waals surface area (Å²) >= 11 is 0.742. The molecule has 0 rings (SSSR count). The highest BCUT2D eigenvalue weighted by molar-refractivity contribution is 8.54. The van der Waals surface area contributed by atoms with Gasteiger partial charge < -0.3 is 14.5 Å². The molecule has 4 nitrogen and oxygen atoms in total. The first kappa shape index (κ1) is 10.5. The second-order valence-electron chi connectivity index (χ2n) is 1.44. The maximum absolute atomic E-state index is 10.8. The number of hydrogen-bond donors (Lipinski definition) is 2. The van der Waals surface area contributed by atoms with Crippen LogP contribution in [-0.4, -0.2) is 29.0 Å². The molecular weight excluding hydrogens is 175 g/mol. The Morgan fingerprint density at radius 2 is 2.30 bits per heavy atom. The van der Waals surface area contributed by atoms with E-state index in [9.17, 15) is 4.57 Å². The average molecular weight is 186 g/mol. The highest BCUT2D eigenvalue weighted by atomic mass is 32.7. The molecule has 62 valence electrons. The molecule has 0 heterocycles. The fourth-order valence-corrected chi connectivity index (χ4v) is 2.55. The van der Waals surface area contributed by atoms with Crippen molar-refractivity contribution in [2.45, 2.75) is 6.92 Å². The molecule has 0 aromatic heterocycles. The zero-order valence-corrected chi connectivity index (χ0v) is 7.40. The molecule has 0 aliphatic rings. The quantitative estimate of drug-likeness (QED) is 0.623. The summed E-state index contributed by atoms with van der Waals surface area (Å²) in [5.74, 6) is 0.230. The summed E-state index contributed by atoms with van der Waals surface area (Å²) in [6.45, 7) is -1.71. The maximum Gasteiger partial charge on any atom is 0.386 e. The van der Waals surface area contributed by atoms with Gasteiger partial charge in [-0.2, -0.15) is 0 Å². The predicted molar refractivity (Wildman–Crippen MR) is 41.0 cm³/mol. The minimum Gasteiger partial charge on any atom is -0.396 e. The average Bonchev–Trinajstić information content (AvgIpc) is 1.84. The molecule has 0 saturated carbocycles. The Morgan fingerprint density at radius 3 is 2.70 bits per heavy atom. The standard InChI is InChI=1S/C4H11O4PS/c1-2-8-9(6,7)10-4-3-5/h5H,2-4H2,1H3,(H,6,7). The van der Waals surface area contributed by atoms with Crippen molar-refractivity contribution < 1.29 is 19.1 Å². The number of hydrogen-bond acceptors (Lipinski definition) is 4. The fourth-order valence-electron chi connectivity index (χ4n) is 0.357. The Balaban J connectivity index is 3.53. The second kappa shape index (κ2) is 5.16. The van der Waals surface area contributed by atoms with E-state index in [-0.39, 0.29) is 19.0 Å². The van der Waals surface area contributed by atoms with Gasteiger partial charge in [0.25, 0.3) is 0 Å². The van der Waals surface area contributed by atoms with E-state index in [0.717, 1.165) is 11.4 Å².